The van der Waals surface area contributed by atoms with Gasteiger partial charge in [0.25, 0.3) is 5.91 Å². The van der Waals surface area contributed by atoms with Crippen molar-refractivity contribution in [2.45, 2.75) is 11.3 Å². The fourth-order valence-electron chi connectivity index (χ4n) is 1.76. The number of halogens is 1. The predicted molar refractivity (Wildman–Crippen MR) is 83.9 cm³/mol. The summed E-state index contributed by atoms with van der Waals surface area (Å²) in [4.78, 5) is 24.4. The molecule has 0 unspecified atom stereocenters. The molecule has 0 fully saturated rings. The number of carbonyl (C=O) groups excluding carboxylic acids is 2. The molecule has 0 radical (unpaired) electrons. The summed E-state index contributed by atoms with van der Waals surface area (Å²) in [5, 5.41) is 8.61. The van der Waals surface area contributed by atoms with E-state index in [1.54, 1.807) is 23.9 Å². The molecule has 2 amide bonds. The van der Waals surface area contributed by atoms with Gasteiger partial charge in [-0.1, -0.05) is 0 Å². The van der Waals surface area contributed by atoms with Gasteiger partial charge < -0.3 is 16.0 Å². The molecule has 110 valence electrons. The Kier molecular flexibility index (Phi) is 6.84. The number of thioether (sulfide) groups is 1. The predicted octanol–water partition coefficient (Wildman–Crippen LogP) is 1.49. The average molecular weight is 316 g/mol. The largest absolute Gasteiger partial charge is 0.351 e. The minimum Gasteiger partial charge on any atom is -0.351 e. The van der Waals surface area contributed by atoms with Gasteiger partial charge in [-0.05, 0) is 25.2 Å². The molecule has 20 heavy (non-hydrogen) atoms. The second-order valence-electron chi connectivity index (χ2n) is 4.22. The molecule has 0 saturated heterocycles. The molecule has 0 spiro atoms. The molecule has 0 aliphatic carbocycles. The molecule has 1 aromatic carbocycles. The van der Waals surface area contributed by atoms with Gasteiger partial charge in [-0.2, -0.15) is 0 Å². The lowest BCUT2D eigenvalue weighted by Gasteiger charge is -2.09. The van der Waals surface area contributed by atoms with Gasteiger partial charge in [0.2, 0.25) is 5.91 Å². The number of amides is 2. The minimum atomic E-state index is -0.124. The van der Waals surface area contributed by atoms with E-state index in [-0.39, 0.29) is 24.2 Å². The number of fused-ring (bicyclic) bond motifs is 1. The van der Waals surface area contributed by atoms with Crippen LogP contribution in [-0.4, -0.2) is 37.7 Å². The van der Waals surface area contributed by atoms with Crippen LogP contribution in [0.5, 0.6) is 0 Å². The van der Waals surface area contributed by atoms with Gasteiger partial charge in [0.05, 0.1) is 5.69 Å². The number of carbonyl (C=O) groups is 2. The number of anilines is 1. The Bertz CT molecular complexity index is 497. The van der Waals surface area contributed by atoms with Crippen molar-refractivity contribution in [3.63, 3.8) is 0 Å². The van der Waals surface area contributed by atoms with Crippen molar-refractivity contribution in [1.29, 1.82) is 0 Å². The van der Waals surface area contributed by atoms with Gasteiger partial charge in [-0.25, -0.2) is 0 Å². The summed E-state index contributed by atoms with van der Waals surface area (Å²) in [7, 11) is 1.83. The zero-order chi connectivity index (χ0) is 13.7. The van der Waals surface area contributed by atoms with Crippen LogP contribution in [0.4, 0.5) is 5.69 Å². The number of nitrogens with one attached hydrogen (secondary N) is 3. The van der Waals surface area contributed by atoms with Crippen LogP contribution in [0, 0.1) is 0 Å². The van der Waals surface area contributed by atoms with E-state index < -0.39 is 0 Å². The van der Waals surface area contributed by atoms with Crippen molar-refractivity contribution in [2.24, 2.45) is 0 Å². The third-order valence-corrected chi connectivity index (χ3v) is 3.84. The van der Waals surface area contributed by atoms with Crippen molar-refractivity contribution in [3.8, 4) is 0 Å². The van der Waals surface area contributed by atoms with Gasteiger partial charge in [-0.3, -0.25) is 9.59 Å². The smallest absolute Gasteiger partial charge is 0.251 e. The highest BCUT2D eigenvalue weighted by Crippen LogP contribution is 2.31. The molecule has 0 saturated carbocycles. The number of hydrogen-bond acceptors (Lipinski definition) is 4. The average Bonchev–Trinajstić information content (AvgIpc) is 2.58. The maximum atomic E-state index is 11.9. The Morgan fingerprint density at radius 2 is 2.20 bits per heavy atom. The van der Waals surface area contributed by atoms with E-state index in [1.807, 2.05) is 13.1 Å². The lowest BCUT2D eigenvalue weighted by molar-refractivity contribution is -0.115. The normalized spacial score (nSPS) is 13.6. The van der Waals surface area contributed by atoms with Crippen LogP contribution in [0.3, 0.4) is 0 Å². The molecular formula is C13H18ClN3O2S. The first-order chi connectivity index (χ1) is 9.20. The zero-order valence-corrected chi connectivity index (χ0v) is 12.8. The third kappa shape index (κ3) is 4.40. The number of hydrogen-bond donors (Lipinski definition) is 3. The molecule has 1 aliphatic heterocycles. The summed E-state index contributed by atoms with van der Waals surface area (Å²) in [5.74, 6) is 0.646. The third-order valence-electron chi connectivity index (χ3n) is 2.76. The first kappa shape index (κ1) is 16.8. The van der Waals surface area contributed by atoms with Crippen LogP contribution in [0.2, 0.25) is 0 Å². The molecule has 0 atom stereocenters. The van der Waals surface area contributed by atoms with Crippen molar-refractivity contribution in [1.82, 2.24) is 10.6 Å². The lowest BCUT2D eigenvalue weighted by Crippen LogP contribution is -2.30. The van der Waals surface area contributed by atoms with Crippen LogP contribution in [0.1, 0.15) is 16.8 Å². The quantitative estimate of drug-likeness (QED) is 0.736. The number of likely N-dealkylation sites (N-methyl/N-ethyl adjacent to an activating group) is 1. The van der Waals surface area contributed by atoms with E-state index >= 15 is 0 Å². The Morgan fingerprint density at radius 1 is 1.40 bits per heavy atom. The van der Waals surface area contributed by atoms with Gasteiger partial charge >= 0.3 is 0 Å². The Labute approximate surface area is 128 Å². The molecule has 0 aromatic heterocycles. The minimum absolute atomic E-state index is 0. The summed E-state index contributed by atoms with van der Waals surface area (Å²) < 4.78 is 0. The highest BCUT2D eigenvalue weighted by atomic mass is 35.5. The van der Waals surface area contributed by atoms with Crippen LogP contribution in [0.15, 0.2) is 23.1 Å². The van der Waals surface area contributed by atoms with E-state index in [1.165, 1.54) is 0 Å². The molecule has 5 nitrogen and oxygen atoms in total. The van der Waals surface area contributed by atoms with Gasteiger partial charge in [0, 0.05) is 35.7 Å². The van der Waals surface area contributed by atoms with E-state index in [2.05, 4.69) is 16.0 Å². The summed E-state index contributed by atoms with van der Waals surface area (Å²) >= 11 is 1.63. The summed E-state index contributed by atoms with van der Waals surface area (Å²) in [6.45, 7) is 1.30. The van der Waals surface area contributed by atoms with Gasteiger partial charge in [0.1, 0.15) is 0 Å². The molecule has 1 aromatic rings. The molecule has 7 heteroatoms. The van der Waals surface area contributed by atoms with Crippen molar-refractivity contribution in [3.05, 3.63) is 23.8 Å². The lowest BCUT2D eigenvalue weighted by atomic mass is 10.2. The van der Waals surface area contributed by atoms with E-state index in [0.29, 0.717) is 18.5 Å². The second-order valence-corrected chi connectivity index (χ2v) is 5.35. The van der Waals surface area contributed by atoms with Crippen LogP contribution >= 0.6 is 24.2 Å². The van der Waals surface area contributed by atoms with Crippen molar-refractivity contribution >= 4 is 41.7 Å². The highest BCUT2D eigenvalue weighted by Gasteiger charge is 2.15. The van der Waals surface area contributed by atoms with Gasteiger partial charge in [0.15, 0.2) is 0 Å². The van der Waals surface area contributed by atoms with E-state index in [0.717, 1.165) is 22.9 Å². The summed E-state index contributed by atoms with van der Waals surface area (Å²) in [6, 6.07) is 5.41. The standard InChI is InChI=1S/C13H17N3O2S.ClH/c1-14-5-6-15-13(18)9-2-3-11-10(8-9)16-12(17)4-7-19-11;/h2-3,8,14H,4-7H2,1H3,(H,15,18)(H,16,17);1H. The second kappa shape index (κ2) is 8.14. The SMILES string of the molecule is CNCCNC(=O)c1ccc2c(c1)NC(=O)CCS2.Cl. The molecule has 1 heterocycles. The maximum Gasteiger partial charge on any atom is 0.251 e. The topological polar surface area (TPSA) is 70.2 Å². The first-order valence-corrected chi connectivity index (χ1v) is 7.19. The summed E-state index contributed by atoms with van der Waals surface area (Å²) in [6.07, 6.45) is 0.503. The van der Waals surface area contributed by atoms with E-state index in [4.69, 9.17) is 0 Å². The number of benzene rings is 1. The fraction of sp³-hybridized carbons (Fsp3) is 0.385. The van der Waals surface area contributed by atoms with Gasteiger partial charge in [-0.15, -0.1) is 24.2 Å². The number of rotatable bonds is 4. The Balaban J connectivity index is 0.00000200. The zero-order valence-electron chi connectivity index (χ0n) is 11.2. The summed E-state index contributed by atoms with van der Waals surface area (Å²) in [5.41, 5.74) is 1.30. The Hall–Kier alpha value is -1.24. The van der Waals surface area contributed by atoms with E-state index in [9.17, 15) is 9.59 Å². The van der Waals surface area contributed by atoms with Crippen molar-refractivity contribution in [2.75, 3.05) is 31.2 Å². The van der Waals surface area contributed by atoms with Crippen molar-refractivity contribution < 1.29 is 9.59 Å². The molecule has 3 N–H and O–H groups in total. The fourth-order valence-corrected chi connectivity index (χ4v) is 2.70. The molecule has 1 aliphatic rings. The van der Waals surface area contributed by atoms with Crippen LogP contribution in [0.25, 0.3) is 0 Å². The Morgan fingerprint density at radius 3 is 2.95 bits per heavy atom. The van der Waals surface area contributed by atoms with Crippen LogP contribution < -0.4 is 16.0 Å². The molecule has 0 bridgehead atoms. The first-order valence-electron chi connectivity index (χ1n) is 6.20. The van der Waals surface area contributed by atoms with Crippen LogP contribution in [-0.2, 0) is 4.79 Å². The highest BCUT2D eigenvalue weighted by molar-refractivity contribution is 7.99. The monoisotopic (exact) mass is 315 g/mol. The molecular weight excluding hydrogens is 298 g/mol. The molecule has 2 rings (SSSR count). The maximum absolute atomic E-state index is 11.9.